The first-order valence-electron chi connectivity index (χ1n) is 30.4. The van der Waals surface area contributed by atoms with Gasteiger partial charge in [-0.05, 0) is 103 Å². The molecule has 2 amide bonds. The van der Waals surface area contributed by atoms with E-state index in [0.717, 1.165) is 96.8 Å². The summed E-state index contributed by atoms with van der Waals surface area (Å²) in [5.41, 5.74) is 0. The van der Waals surface area contributed by atoms with Gasteiger partial charge in [-0.1, -0.05) is 220 Å². The minimum atomic E-state index is -0.0805. The highest BCUT2D eigenvalue weighted by molar-refractivity contribution is 5.73. The fourth-order valence-electron chi connectivity index (χ4n) is 9.63. The zero-order valence-corrected chi connectivity index (χ0v) is 47.2. The summed E-state index contributed by atoms with van der Waals surface area (Å²) in [5, 5.41) is 6.08. The normalized spacial score (nSPS) is 11.7. The van der Waals surface area contributed by atoms with E-state index in [1.807, 2.05) is 0 Å². The summed E-state index contributed by atoms with van der Waals surface area (Å²) >= 11 is 0. The first kappa shape index (κ1) is 67.1. The third kappa shape index (κ3) is 50.9. The molecule has 0 aliphatic heterocycles. The molecule has 0 aliphatic carbocycles. The first-order chi connectivity index (χ1) is 33.7. The van der Waals surface area contributed by atoms with Crippen LogP contribution in [0.1, 0.15) is 291 Å². The van der Waals surface area contributed by atoms with Crippen LogP contribution in [0.5, 0.6) is 0 Å². The number of rotatable bonds is 55. The maximum absolute atomic E-state index is 12.8. The minimum Gasteiger partial charge on any atom is -0.465 e. The molecule has 0 saturated heterocycles. The molecule has 0 aromatic carbocycles. The molecule has 0 radical (unpaired) electrons. The molecule has 0 spiro atoms. The zero-order chi connectivity index (χ0) is 50.5. The second kappa shape index (κ2) is 53.9. The van der Waals surface area contributed by atoms with Gasteiger partial charge in [0, 0.05) is 32.5 Å². The number of carbonyl (C=O) groups is 3. The summed E-state index contributed by atoms with van der Waals surface area (Å²) in [6, 6.07) is -0.0805. The van der Waals surface area contributed by atoms with Gasteiger partial charge in [0.15, 0.2) is 0 Å². The lowest BCUT2D eigenvalue weighted by atomic mass is 9.94. The predicted octanol–water partition coefficient (Wildman–Crippen LogP) is 16.5. The van der Waals surface area contributed by atoms with Crippen LogP contribution in [0.25, 0.3) is 0 Å². The minimum absolute atomic E-state index is 0.00690. The molecule has 0 saturated carbocycles. The van der Waals surface area contributed by atoms with Gasteiger partial charge in [-0.25, -0.2) is 4.79 Å². The number of unbranched alkanes of at least 4 members (excludes halogenated alkanes) is 28. The van der Waals surface area contributed by atoms with Crippen LogP contribution in [0.3, 0.4) is 0 Å². The van der Waals surface area contributed by atoms with Gasteiger partial charge < -0.3 is 29.9 Å². The Morgan fingerprint density at radius 1 is 0.362 bits per heavy atom. The van der Waals surface area contributed by atoms with E-state index in [9.17, 15) is 14.4 Å². The van der Waals surface area contributed by atoms with Gasteiger partial charge in [0.25, 0.3) is 0 Å². The van der Waals surface area contributed by atoms with E-state index in [-0.39, 0.29) is 18.0 Å². The Kier molecular flexibility index (Phi) is 52.5. The van der Waals surface area contributed by atoms with E-state index in [0.29, 0.717) is 51.0 Å². The molecule has 0 atom stereocenters. The average molecular weight is 978 g/mol. The molecule has 0 heterocycles. The highest BCUT2D eigenvalue weighted by Crippen LogP contribution is 2.22. The van der Waals surface area contributed by atoms with Crippen molar-refractivity contribution in [1.82, 2.24) is 20.4 Å². The Labute approximate surface area is 430 Å². The summed E-state index contributed by atoms with van der Waals surface area (Å²) in [7, 11) is 4.11. The molecular weight excluding hydrogens is 857 g/mol. The lowest BCUT2D eigenvalue weighted by molar-refractivity contribution is -0.146. The summed E-state index contributed by atoms with van der Waals surface area (Å²) < 4.78 is 11.8. The van der Waals surface area contributed by atoms with Crippen molar-refractivity contribution >= 4 is 18.0 Å². The van der Waals surface area contributed by atoms with E-state index in [4.69, 9.17) is 9.47 Å². The molecule has 0 aliphatic rings. The van der Waals surface area contributed by atoms with Crippen molar-refractivity contribution in [2.24, 2.45) is 11.8 Å². The van der Waals surface area contributed by atoms with Gasteiger partial charge in [-0.2, -0.15) is 0 Å². The average Bonchev–Trinajstić information content (AvgIpc) is 3.33. The lowest BCUT2D eigenvalue weighted by Gasteiger charge is -2.22. The largest absolute Gasteiger partial charge is 0.465 e. The number of carbonyl (C=O) groups excluding carboxylic acids is 3. The second-order valence-electron chi connectivity index (χ2n) is 21.5. The standard InChI is InChI=1S/C60H120N4O5/c1-7-11-15-19-25-33-42-56(43-34-26-20-16-12-8-2)54-68-58(65)46-37-29-23-31-39-51-64(53-49-62-60(67)61-48-41-50-63(5)6)52-40-32-24-30-38-47-59(66)69-55-57(44-35-27-21-17-13-9-3)45-36-28-22-18-14-10-4/h56-57H,7-55H2,1-6H3,(H2,61,62,67). The number of hydrogen-bond donors (Lipinski definition) is 2. The Morgan fingerprint density at radius 3 is 1.04 bits per heavy atom. The summed E-state index contributed by atoms with van der Waals surface area (Å²) in [6.45, 7) is 15.5. The molecule has 69 heavy (non-hydrogen) atoms. The smallest absolute Gasteiger partial charge is 0.314 e. The van der Waals surface area contributed by atoms with Gasteiger partial charge in [0.1, 0.15) is 0 Å². The number of urea groups is 1. The number of amides is 2. The van der Waals surface area contributed by atoms with Gasteiger partial charge in [-0.15, -0.1) is 0 Å². The highest BCUT2D eigenvalue weighted by Gasteiger charge is 2.15. The van der Waals surface area contributed by atoms with Crippen LogP contribution >= 0.6 is 0 Å². The molecule has 0 fully saturated rings. The maximum atomic E-state index is 12.8. The third-order valence-electron chi connectivity index (χ3n) is 14.3. The van der Waals surface area contributed by atoms with Crippen molar-refractivity contribution in [3.05, 3.63) is 0 Å². The number of nitrogens with zero attached hydrogens (tertiary/aromatic N) is 2. The van der Waals surface area contributed by atoms with Gasteiger partial charge in [0.2, 0.25) is 0 Å². The topological polar surface area (TPSA) is 100 Å². The zero-order valence-electron chi connectivity index (χ0n) is 47.2. The lowest BCUT2D eigenvalue weighted by Crippen LogP contribution is -2.41. The van der Waals surface area contributed by atoms with E-state index < -0.39 is 0 Å². The first-order valence-corrected chi connectivity index (χ1v) is 30.4. The Hall–Kier alpha value is -1.87. The van der Waals surface area contributed by atoms with Crippen molar-refractivity contribution in [1.29, 1.82) is 0 Å². The Balaban J connectivity index is 4.67. The molecule has 2 N–H and O–H groups in total. The number of esters is 2. The summed E-state index contributed by atoms with van der Waals surface area (Å²) in [6.07, 6.45) is 49.2. The maximum Gasteiger partial charge on any atom is 0.314 e. The van der Waals surface area contributed by atoms with E-state index in [2.05, 4.69) is 62.2 Å². The van der Waals surface area contributed by atoms with Crippen molar-refractivity contribution in [3.63, 3.8) is 0 Å². The summed E-state index contributed by atoms with van der Waals surface area (Å²) in [5.74, 6) is 1.02. The number of nitrogens with one attached hydrogen (secondary N) is 2. The van der Waals surface area contributed by atoms with Gasteiger partial charge >= 0.3 is 18.0 Å². The molecule has 0 bridgehead atoms. The molecule has 0 aromatic heterocycles. The second-order valence-corrected chi connectivity index (χ2v) is 21.5. The Morgan fingerprint density at radius 2 is 0.681 bits per heavy atom. The van der Waals surface area contributed by atoms with E-state index in [1.165, 1.54) is 180 Å². The molecule has 0 unspecified atom stereocenters. The van der Waals surface area contributed by atoms with Crippen LogP contribution in [0.2, 0.25) is 0 Å². The monoisotopic (exact) mass is 977 g/mol. The molecular formula is C60H120N4O5. The van der Waals surface area contributed by atoms with Crippen molar-refractivity contribution < 1.29 is 23.9 Å². The van der Waals surface area contributed by atoms with Crippen molar-refractivity contribution in [3.8, 4) is 0 Å². The number of ether oxygens (including phenoxy) is 2. The SMILES string of the molecule is CCCCCCCCC(CCCCCCCC)COC(=O)CCCCCCCN(CCCCCCCC(=O)OCC(CCCCCCCC)CCCCCCCC)CCNC(=O)NCCCN(C)C. The van der Waals surface area contributed by atoms with Crippen LogP contribution in [0.15, 0.2) is 0 Å². The number of hydrogen-bond acceptors (Lipinski definition) is 7. The van der Waals surface area contributed by atoms with Crippen molar-refractivity contribution in [2.45, 2.75) is 291 Å². The molecule has 0 rings (SSSR count). The fourth-order valence-corrected chi connectivity index (χ4v) is 9.63. The third-order valence-corrected chi connectivity index (χ3v) is 14.3. The summed E-state index contributed by atoms with van der Waals surface area (Å²) in [4.78, 5) is 42.6. The molecule has 0 aromatic rings. The fraction of sp³-hybridized carbons (Fsp3) is 0.950. The quantitative estimate of drug-likeness (QED) is 0.0462. The van der Waals surface area contributed by atoms with Gasteiger partial charge in [-0.3, -0.25) is 9.59 Å². The van der Waals surface area contributed by atoms with Gasteiger partial charge in [0.05, 0.1) is 13.2 Å². The predicted molar refractivity (Wildman–Crippen MR) is 297 cm³/mol. The van der Waals surface area contributed by atoms with Crippen LogP contribution in [-0.4, -0.2) is 94.3 Å². The highest BCUT2D eigenvalue weighted by atomic mass is 16.5. The Bertz CT molecular complexity index is 994. The van der Waals surface area contributed by atoms with Crippen LogP contribution in [-0.2, 0) is 19.1 Å². The molecule has 410 valence electrons. The van der Waals surface area contributed by atoms with E-state index in [1.54, 1.807) is 0 Å². The van der Waals surface area contributed by atoms with Crippen LogP contribution in [0.4, 0.5) is 4.79 Å². The van der Waals surface area contributed by atoms with Crippen LogP contribution < -0.4 is 10.6 Å². The van der Waals surface area contributed by atoms with Crippen molar-refractivity contribution in [2.75, 3.05) is 66.6 Å². The van der Waals surface area contributed by atoms with Crippen LogP contribution in [0, 0.1) is 11.8 Å². The molecule has 9 nitrogen and oxygen atoms in total. The molecule has 9 heteroatoms. The van der Waals surface area contributed by atoms with E-state index >= 15 is 0 Å².